The Labute approximate surface area is 367 Å². The molecule has 0 radical (unpaired) electrons. The van der Waals surface area contributed by atoms with Crippen LogP contribution < -0.4 is 14.9 Å². The van der Waals surface area contributed by atoms with Crippen LogP contribution in [-0.2, 0) is 22.7 Å². The predicted octanol–water partition coefficient (Wildman–Crippen LogP) is 9.52. The van der Waals surface area contributed by atoms with Crippen molar-refractivity contribution in [2.45, 2.75) is 35.0 Å². The minimum Gasteiger partial charge on any atom is -0.375 e. The molecule has 0 saturated carbocycles. The van der Waals surface area contributed by atoms with E-state index in [2.05, 4.69) is 41.9 Å². The van der Waals surface area contributed by atoms with Gasteiger partial charge in [-0.3, -0.25) is 19.7 Å². The fourth-order valence-electron chi connectivity index (χ4n) is 7.29. The van der Waals surface area contributed by atoms with E-state index in [1.807, 2.05) is 91.8 Å². The summed E-state index contributed by atoms with van der Waals surface area (Å²) in [5.41, 5.74) is 1.39. The number of nitrogens with one attached hydrogen (secondary N) is 2. The number of piperazine rings is 1. The Bertz CT molecular complexity index is 2630. The van der Waals surface area contributed by atoms with E-state index in [0.29, 0.717) is 54.1 Å². The van der Waals surface area contributed by atoms with E-state index in [1.165, 1.54) is 17.3 Å². The highest BCUT2D eigenvalue weighted by Crippen LogP contribution is 2.43. The van der Waals surface area contributed by atoms with E-state index in [1.54, 1.807) is 12.1 Å². The van der Waals surface area contributed by atoms with Gasteiger partial charge in [0, 0.05) is 71.6 Å². The van der Waals surface area contributed by atoms with Gasteiger partial charge in [0.2, 0.25) is 0 Å². The van der Waals surface area contributed by atoms with E-state index in [9.17, 15) is 31.7 Å². The van der Waals surface area contributed by atoms with Crippen molar-refractivity contribution in [1.29, 1.82) is 0 Å². The Morgan fingerprint density at radius 1 is 0.919 bits per heavy atom. The summed E-state index contributed by atoms with van der Waals surface area (Å²) >= 11 is 7.51. The van der Waals surface area contributed by atoms with E-state index in [0.717, 1.165) is 47.7 Å². The molecule has 12 nitrogen and oxygen atoms in total. The van der Waals surface area contributed by atoms with Crippen LogP contribution in [0.15, 0.2) is 125 Å². The molecular formula is C44H44ClF3N8O4S2. The SMILES string of the molecule is CN(C)CCC(CSc1ccccc1)Nc1c([N+](=O)[O-])cc(S(=O)(=O)Nc2ncnc3cc(N4CCN(Cc5ccccc5-c5ccc(Cl)cc5)CC4)ccc23)cc1C(F)(F)F. The predicted molar refractivity (Wildman–Crippen MR) is 241 cm³/mol. The summed E-state index contributed by atoms with van der Waals surface area (Å²) in [5.74, 6) is 0.0961. The zero-order valence-corrected chi connectivity index (χ0v) is 36.2. The molecule has 1 atom stereocenters. The monoisotopic (exact) mass is 904 g/mol. The van der Waals surface area contributed by atoms with Gasteiger partial charge in [-0.15, -0.1) is 11.8 Å². The summed E-state index contributed by atoms with van der Waals surface area (Å²) in [5, 5.41) is 16.2. The van der Waals surface area contributed by atoms with Gasteiger partial charge in [-0.2, -0.15) is 13.2 Å². The van der Waals surface area contributed by atoms with Crippen LogP contribution in [0.2, 0.25) is 5.02 Å². The molecule has 1 aliphatic heterocycles. The van der Waals surface area contributed by atoms with E-state index in [4.69, 9.17) is 11.6 Å². The first-order valence-electron chi connectivity index (χ1n) is 19.7. The van der Waals surface area contributed by atoms with Gasteiger partial charge in [0.15, 0.2) is 5.82 Å². The number of thioether (sulfide) groups is 1. The summed E-state index contributed by atoms with van der Waals surface area (Å²) in [6.45, 7) is 4.24. The Morgan fingerprint density at radius 2 is 1.63 bits per heavy atom. The van der Waals surface area contributed by atoms with Crippen molar-refractivity contribution in [3.63, 3.8) is 0 Å². The third-order valence-corrected chi connectivity index (χ3v) is 13.3. The van der Waals surface area contributed by atoms with Gasteiger partial charge in [0.05, 0.1) is 20.9 Å². The summed E-state index contributed by atoms with van der Waals surface area (Å²) in [6, 6.07) is 31.0. The number of alkyl halides is 3. The second-order valence-electron chi connectivity index (χ2n) is 15.1. The van der Waals surface area contributed by atoms with E-state index in [-0.39, 0.29) is 11.6 Å². The molecule has 1 unspecified atom stereocenters. The maximum Gasteiger partial charge on any atom is 0.418 e. The molecule has 324 valence electrons. The lowest BCUT2D eigenvalue weighted by molar-refractivity contribution is -0.384. The van der Waals surface area contributed by atoms with E-state index < -0.39 is 49.0 Å². The van der Waals surface area contributed by atoms with Crippen molar-refractivity contribution >= 4 is 67.2 Å². The molecular weight excluding hydrogens is 861 g/mol. The van der Waals surface area contributed by atoms with Crippen LogP contribution >= 0.6 is 23.4 Å². The van der Waals surface area contributed by atoms with Crippen LogP contribution in [0.4, 0.5) is 36.1 Å². The number of fused-ring (bicyclic) bond motifs is 1. The number of anilines is 3. The largest absolute Gasteiger partial charge is 0.418 e. The van der Waals surface area contributed by atoms with Gasteiger partial charge in [-0.05, 0) is 92.3 Å². The highest BCUT2D eigenvalue weighted by Gasteiger charge is 2.40. The molecule has 1 aromatic heterocycles. The summed E-state index contributed by atoms with van der Waals surface area (Å²) in [7, 11) is -1.22. The van der Waals surface area contributed by atoms with Crippen LogP contribution in [0.1, 0.15) is 17.5 Å². The lowest BCUT2D eigenvalue weighted by Gasteiger charge is -2.36. The molecule has 1 fully saturated rings. The highest BCUT2D eigenvalue weighted by molar-refractivity contribution is 7.99. The van der Waals surface area contributed by atoms with Crippen molar-refractivity contribution in [1.82, 2.24) is 19.8 Å². The van der Waals surface area contributed by atoms with Crippen molar-refractivity contribution in [2.75, 3.05) is 67.5 Å². The Balaban J connectivity index is 1.09. The zero-order chi connectivity index (χ0) is 44.0. The Morgan fingerprint density at radius 3 is 2.32 bits per heavy atom. The first-order chi connectivity index (χ1) is 29.6. The molecule has 5 aromatic carbocycles. The molecule has 62 heavy (non-hydrogen) atoms. The number of hydrogen-bond acceptors (Lipinski definition) is 11. The number of aromatic nitrogens is 2. The number of benzene rings is 5. The lowest BCUT2D eigenvalue weighted by atomic mass is 9.99. The third kappa shape index (κ3) is 10.9. The minimum absolute atomic E-state index is 0.189. The average molecular weight is 905 g/mol. The van der Waals surface area contributed by atoms with Gasteiger partial charge in [0.25, 0.3) is 15.7 Å². The molecule has 0 spiro atoms. The smallest absolute Gasteiger partial charge is 0.375 e. The molecule has 1 aliphatic rings. The first-order valence-corrected chi connectivity index (χ1v) is 22.6. The molecule has 0 bridgehead atoms. The zero-order valence-electron chi connectivity index (χ0n) is 33.8. The van der Waals surface area contributed by atoms with Gasteiger partial charge in [0.1, 0.15) is 12.0 Å². The number of hydrogen-bond donors (Lipinski definition) is 2. The number of halogens is 4. The number of rotatable bonds is 16. The van der Waals surface area contributed by atoms with Crippen molar-refractivity contribution in [2.24, 2.45) is 0 Å². The van der Waals surface area contributed by atoms with Crippen LogP contribution in [-0.4, -0.2) is 91.7 Å². The van der Waals surface area contributed by atoms with Gasteiger partial charge >= 0.3 is 6.18 Å². The first kappa shape index (κ1) is 44.6. The quantitative estimate of drug-likeness (QED) is 0.0546. The second kappa shape index (κ2) is 19.3. The number of nitro groups is 1. The van der Waals surface area contributed by atoms with Crippen LogP contribution in [0.3, 0.4) is 0 Å². The average Bonchev–Trinajstić information content (AvgIpc) is 3.25. The van der Waals surface area contributed by atoms with Crippen LogP contribution in [0.5, 0.6) is 0 Å². The maximum atomic E-state index is 14.8. The molecule has 1 saturated heterocycles. The molecule has 7 rings (SSSR count). The van der Waals surface area contributed by atoms with Crippen molar-refractivity contribution in [3.8, 4) is 11.1 Å². The normalized spacial score (nSPS) is 14.3. The maximum absolute atomic E-state index is 14.8. The lowest BCUT2D eigenvalue weighted by Crippen LogP contribution is -2.46. The number of nitrogens with zero attached hydrogens (tertiary/aromatic N) is 6. The summed E-state index contributed by atoms with van der Waals surface area (Å²) in [6.07, 6.45) is -3.65. The van der Waals surface area contributed by atoms with Crippen molar-refractivity contribution in [3.05, 3.63) is 142 Å². The number of nitro benzene ring substituents is 1. The van der Waals surface area contributed by atoms with Crippen LogP contribution in [0, 0.1) is 10.1 Å². The number of sulfonamides is 1. The van der Waals surface area contributed by atoms with E-state index >= 15 is 0 Å². The summed E-state index contributed by atoms with van der Waals surface area (Å²) in [4.78, 5) is 26.2. The summed E-state index contributed by atoms with van der Waals surface area (Å²) < 4.78 is 74.4. The fourth-order valence-corrected chi connectivity index (χ4v) is 9.48. The second-order valence-corrected chi connectivity index (χ2v) is 18.3. The molecule has 18 heteroatoms. The Hall–Kier alpha value is -5.46. The topological polar surface area (TPSA) is 137 Å². The third-order valence-electron chi connectivity index (χ3n) is 10.5. The highest BCUT2D eigenvalue weighted by atomic mass is 35.5. The van der Waals surface area contributed by atoms with Gasteiger partial charge < -0.3 is 15.1 Å². The van der Waals surface area contributed by atoms with Crippen molar-refractivity contribution < 1.29 is 26.5 Å². The molecule has 0 aliphatic carbocycles. The molecule has 2 N–H and O–H groups in total. The van der Waals surface area contributed by atoms with Crippen LogP contribution in [0.25, 0.3) is 22.0 Å². The minimum atomic E-state index is -5.15. The molecule has 0 amide bonds. The van der Waals surface area contributed by atoms with Gasteiger partial charge in [-0.1, -0.05) is 66.2 Å². The fraction of sp³-hybridized carbons (Fsp3) is 0.273. The standard InChI is InChI=1S/C44H44ClF3N8O4S2/c1-53(2)19-18-33(28-61-35-9-4-3-5-10-35)51-42-39(44(46,47)48)25-36(26-41(42)56(57)58)62(59,60)52-43-38-17-16-34(24-40(38)49-29-50-43)55-22-20-54(21-23-55)27-31-8-6-7-11-37(31)30-12-14-32(45)15-13-30/h3-17,24-26,29,33,51H,18-23,27-28H2,1-2H3,(H,49,50,52). The molecule has 2 heterocycles. The molecule has 6 aromatic rings. The Kier molecular flexibility index (Phi) is 13.9. The van der Waals surface area contributed by atoms with Gasteiger partial charge in [-0.25, -0.2) is 18.4 Å².